The first-order valence-electron chi connectivity index (χ1n) is 5.79. The number of carbonyl (C=O) groups is 3. The van der Waals surface area contributed by atoms with Crippen molar-refractivity contribution in [1.29, 1.82) is 0 Å². The first kappa shape index (κ1) is 16.1. The van der Waals surface area contributed by atoms with Crippen LogP contribution in [0.1, 0.15) is 6.42 Å². The van der Waals surface area contributed by atoms with Gasteiger partial charge in [-0.25, -0.2) is 9.59 Å². The number of hydrogen-bond acceptors (Lipinski definition) is 5. The van der Waals surface area contributed by atoms with Gasteiger partial charge in [-0.2, -0.15) is 0 Å². The average Bonchev–Trinajstić information content (AvgIpc) is 2.38. The maximum atomic E-state index is 11.7. The van der Waals surface area contributed by atoms with Crippen LogP contribution in [0.2, 0.25) is 0 Å². The highest BCUT2D eigenvalue weighted by molar-refractivity contribution is 5.88. The molecular weight excluding hydrogens is 284 g/mol. The van der Waals surface area contributed by atoms with Gasteiger partial charge in [-0.05, 0) is 0 Å². The van der Waals surface area contributed by atoms with Gasteiger partial charge in [0.15, 0.2) is 0 Å². The van der Waals surface area contributed by atoms with E-state index in [1.54, 1.807) is 0 Å². The topological polar surface area (TPSA) is 153 Å². The van der Waals surface area contributed by atoms with Crippen molar-refractivity contribution in [3.8, 4) is 0 Å². The number of nitrogens with zero attached hydrogens (tertiary/aromatic N) is 2. The normalized spacial score (nSPS) is 11.7. The SMILES string of the molecule is Cn1c(=O)ccn(CC(=O)NC(CC(N)=O)C(=O)O)c1=O. The van der Waals surface area contributed by atoms with E-state index in [0.29, 0.717) is 0 Å². The molecule has 0 saturated heterocycles. The van der Waals surface area contributed by atoms with Crippen molar-refractivity contribution in [3.63, 3.8) is 0 Å². The molecule has 1 heterocycles. The van der Waals surface area contributed by atoms with Gasteiger partial charge in [-0.3, -0.25) is 23.5 Å². The smallest absolute Gasteiger partial charge is 0.331 e. The molecule has 0 aromatic carbocycles. The minimum atomic E-state index is -1.47. The van der Waals surface area contributed by atoms with Crippen molar-refractivity contribution in [1.82, 2.24) is 14.5 Å². The van der Waals surface area contributed by atoms with Crippen LogP contribution in [0.15, 0.2) is 21.9 Å². The first-order valence-corrected chi connectivity index (χ1v) is 5.79. The molecule has 10 nitrogen and oxygen atoms in total. The van der Waals surface area contributed by atoms with Gasteiger partial charge < -0.3 is 16.2 Å². The van der Waals surface area contributed by atoms with Crippen LogP contribution in [0.4, 0.5) is 0 Å². The molecule has 21 heavy (non-hydrogen) atoms. The Hall–Kier alpha value is -2.91. The van der Waals surface area contributed by atoms with Gasteiger partial charge in [0.2, 0.25) is 11.8 Å². The van der Waals surface area contributed by atoms with Crippen LogP contribution < -0.4 is 22.3 Å². The van der Waals surface area contributed by atoms with Crippen molar-refractivity contribution in [2.45, 2.75) is 19.0 Å². The monoisotopic (exact) mass is 298 g/mol. The highest BCUT2D eigenvalue weighted by atomic mass is 16.4. The van der Waals surface area contributed by atoms with Crippen molar-refractivity contribution >= 4 is 17.8 Å². The quantitative estimate of drug-likeness (QED) is 0.508. The summed E-state index contributed by atoms with van der Waals surface area (Å²) in [5.41, 5.74) is 3.62. The lowest BCUT2D eigenvalue weighted by atomic mass is 10.2. The molecular formula is C11H14N4O6. The summed E-state index contributed by atoms with van der Waals surface area (Å²) in [6.07, 6.45) is 0.553. The summed E-state index contributed by atoms with van der Waals surface area (Å²) < 4.78 is 1.73. The Morgan fingerprint density at radius 1 is 1.38 bits per heavy atom. The van der Waals surface area contributed by atoms with E-state index in [0.717, 1.165) is 21.4 Å². The Kier molecular flexibility index (Phi) is 5.00. The zero-order valence-electron chi connectivity index (χ0n) is 11.1. The lowest BCUT2D eigenvalue weighted by Gasteiger charge is -2.13. The molecule has 0 bridgehead atoms. The third-order valence-electron chi connectivity index (χ3n) is 2.61. The third-order valence-corrected chi connectivity index (χ3v) is 2.61. The number of hydrogen-bond donors (Lipinski definition) is 3. The number of nitrogens with one attached hydrogen (secondary N) is 1. The van der Waals surface area contributed by atoms with E-state index in [-0.39, 0.29) is 0 Å². The molecule has 0 aliphatic carbocycles. The first-order chi connectivity index (χ1) is 9.72. The van der Waals surface area contributed by atoms with Crippen LogP contribution in [0.5, 0.6) is 0 Å². The van der Waals surface area contributed by atoms with E-state index in [1.807, 2.05) is 0 Å². The molecule has 1 atom stereocenters. The second-order valence-corrected chi connectivity index (χ2v) is 4.25. The zero-order chi connectivity index (χ0) is 16.2. The van der Waals surface area contributed by atoms with E-state index in [9.17, 15) is 24.0 Å². The van der Waals surface area contributed by atoms with Crippen LogP contribution in [0.3, 0.4) is 0 Å². The molecule has 1 aromatic rings. The molecule has 4 N–H and O–H groups in total. The van der Waals surface area contributed by atoms with Crippen LogP contribution in [-0.4, -0.2) is 38.1 Å². The second kappa shape index (κ2) is 6.50. The number of aromatic nitrogens is 2. The predicted molar refractivity (Wildman–Crippen MR) is 69.3 cm³/mol. The summed E-state index contributed by atoms with van der Waals surface area (Å²) in [6, 6.07) is -0.384. The summed E-state index contributed by atoms with van der Waals surface area (Å²) in [5.74, 6) is -3.11. The molecule has 114 valence electrons. The fourth-order valence-electron chi connectivity index (χ4n) is 1.53. The average molecular weight is 298 g/mol. The highest BCUT2D eigenvalue weighted by Crippen LogP contribution is 1.92. The molecule has 2 amide bonds. The summed E-state index contributed by atoms with van der Waals surface area (Å²) in [4.78, 5) is 56.1. The number of aliphatic carboxylic acids is 1. The zero-order valence-corrected chi connectivity index (χ0v) is 11.1. The number of amides is 2. The van der Waals surface area contributed by atoms with Crippen molar-refractivity contribution in [3.05, 3.63) is 33.1 Å². The fourth-order valence-corrected chi connectivity index (χ4v) is 1.53. The van der Waals surface area contributed by atoms with Gasteiger partial charge >= 0.3 is 11.7 Å². The Balaban J connectivity index is 2.84. The number of nitrogens with two attached hydrogens (primary N) is 1. The molecule has 0 aliphatic heterocycles. The van der Waals surface area contributed by atoms with Gasteiger partial charge in [0.25, 0.3) is 5.56 Å². The van der Waals surface area contributed by atoms with Crippen LogP contribution in [-0.2, 0) is 28.0 Å². The van der Waals surface area contributed by atoms with E-state index < -0.39 is 48.0 Å². The van der Waals surface area contributed by atoms with Crippen molar-refractivity contribution < 1.29 is 19.5 Å². The van der Waals surface area contributed by atoms with Gasteiger partial charge in [0, 0.05) is 19.3 Å². The number of carbonyl (C=O) groups excluding carboxylic acids is 2. The fraction of sp³-hybridized carbons (Fsp3) is 0.364. The Labute approximate surface area is 117 Å². The summed E-state index contributed by atoms with van der Waals surface area (Å²) in [7, 11) is 1.24. The van der Waals surface area contributed by atoms with Gasteiger partial charge in [0.1, 0.15) is 12.6 Å². The third kappa shape index (κ3) is 4.30. The molecule has 0 spiro atoms. The lowest BCUT2D eigenvalue weighted by Crippen LogP contribution is -2.46. The second-order valence-electron chi connectivity index (χ2n) is 4.25. The number of rotatable bonds is 6. The minimum Gasteiger partial charge on any atom is -0.480 e. The standard InChI is InChI=1S/C11H14N4O6/c1-14-9(18)2-3-15(11(14)21)5-8(17)13-6(10(19)20)4-7(12)16/h2-3,6H,4-5H2,1H3,(H2,12,16)(H,13,17)(H,19,20). The summed E-state index contributed by atoms with van der Waals surface area (Å²) in [5, 5.41) is 10.9. The van der Waals surface area contributed by atoms with E-state index >= 15 is 0 Å². The van der Waals surface area contributed by atoms with Gasteiger partial charge in [-0.1, -0.05) is 0 Å². The maximum Gasteiger partial charge on any atom is 0.331 e. The highest BCUT2D eigenvalue weighted by Gasteiger charge is 2.22. The summed E-state index contributed by atoms with van der Waals surface area (Å²) >= 11 is 0. The van der Waals surface area contributed by atoms with Crippen molar-refractivity contribution in [2.24, 2.45) is 12.8 Å². The van der Waals surface area contributed by atoms with E-state index in [2.05, 4.69) is 5.32 Å². The van der Waals surface area contributed by atoms with E-state index in [4.69, 9.17) is 10.8 Å². The molecule has 1 unspecified atom stereocenters. The van der Waals surface area contributed by atoms with Gasteiger partial charge in [0.05, 0.1) is 6.42 Å². The molecule has 0 fully saturated rings. The number of carboxylic acid groups (broad SMARTS) is 1. The van der Waals surface area contributed by atoms with E-state index in [1.165, 1.54) is 7.05 Å². The van der Waals surface area contributed by atoms with Crippen molar-refractivity contribution in [2.75, 3.05) is 0 Å². The Bertz CT molecular complexity index is 689. The number of primary amides is 1. The molecule has 1 rings (SSSR count). The molecule has 0 aliphatic rings. The van der Waals surface area contributed by atoms with Crippen LogP contribution in [0.25, 0.3) is 0 Å². The Morgan fingerprint density at radius 3 is 2.52 bits per heavy atom. The Morgan fingerprint density at radius 2 is 2.00 bits per heavy atom. The summed E-state index contributed by atoms with van der Waals surface area (Å²) in [6.45, 7) is -0.491. The predicted octanol–water partition coefficient (Wildman–Crippen LogP) is -3.01. The molecule has 10 heteroatoms. The minimum absolute atomic E-state index is 0.491. The number of carboxylic acids is 1. The van der Waals surface area contributed by atoms with Gasteiger partial charge in [-0.15, -0.1) is 0 Å². The largest absolute Gasteiger partial charge is 0.480 e. The van der Waals surface area contributed by atoms with Crippen LogP contribution in [0, 0.1) is 0 Å². The molecule has 1 aromatic heterocycles. The van der Waals surface area contributed by atoms with Crippen LogP contribution >= 0.6 is 0 Å². The molecule has 0 radical (unpaired) electrons. The lowest BCUT2D eigenvalue weighted by molar-refractivity contribution is -0.143. The molecule has 0 saturated carbocycles. The maximum absolute atomic E-state index is 11.7.